The van der Waals surface area contributed by atoms with E-state index in [1.165, 1.54) is 11.1 Å². The van der Waals surface area contributed by atoms with Gasteiger partial charge in [-0.25, -0.2) is 9.97 Å². The summed E-state index contributed by atoms with van der Waals surface area (Å²) in [5.74, 6) is 1.40. The van der Waals surface area contributed by atoms with Crippen molar-refractivity contribution in [2.24, 2.45) is 0 Å². The van der Waals surface area contributed by atoms with Gasteiger partial charge in [-0.2, -0.15) is 0 Å². The van der Waals surface area contributed by atoms with Crippen LogP contribution in [0.1, 0.15) is 11.1 Å². The van der Waals surface area contributed by atoms with Crippen LogP contribution in [0, 0.1) is 13.8 Å². The first-order valence-corrected chi connectivity index (χ1v) is 7.19. The maximum atomic E-state index is 4.37. The number of rotatable bonds is 4. The number of hydrogen-bond acceptors (Lipinski definition) is 4. The first kappa shape index (κ1) is 14.1. The predicted octanol–water partition coefficient (Wildman–Crippen LogP) is 4.58. The Labute approximate surface area is 130 Å². The maximum absolute atomic E-state index is 4.37. The van der Waals surface area contributed by atoms with Gasteiger partial charge in [0.05, 0.1) is 0 Å². The molecule has 0 spiro atoms. The van der Waals surface area contributed by atoms with Crippen LogP contribution >= 0.6 is 0 Å². The van der Waals surface area contributed by atoms with Gasteiger partial charge in [0.2, 0.25) is 0 Å². The molecular formula is C18H18N4. The fraction of sp³-hybridized carbons (Fsp3) is 0.111. The van der Waals surface area contributed by atoms with Crippen LogP contribution in [0.2, 0.25) is 0 Å². The molecule has 3 rings (SSSR count). The summed E-state index contributed by atoms with van der Waals surface area (Å²) in [6.45, 7) is 4.13. The normalized spacial score (nSPS) is 10.3. The van der Waals surface area contributed by atoms with E-state index >= 15 is 0 Å². The largest absolute Gasteiger partial charge is 0.337 e. The molecule has 0 aliphatic rings. The minimum absolute atomic E-state index is 0.701. The Morgan fingerprint density at radius 3 is 1.32 bits per heavy atom. The lowest BCUT2D eigenvalue weighted by Crippen LogP contribution is -2.01. The highest BCUT2D eigenvalue weighted by atomic mass is 15.1. The second-order valence-electron chi connectivity index (χ2n) is 5.24. The molecule has 0 saturated heterocycles. The average Bonchev–Trinajstić information content (AvgIpc) is 2.54. The van der Waals surface area contributed by atoms with Crippen molar-refractivity contribution < 1.29 is 0 Å². The summed E-state index contributed by atoms with van der Waals surface area (Å²) >= 11 is 0. The van der Waals surface area contributed by atoms with Gasteiger partial charge in [-0.1, -0.05) is 35.4 Å². The molecule has 0 atom stereocenters. The van der Waals surface area contributed by atoms with E-state index in [4.69, 9.17) is 0 Å². The van der Waals surface area contributed by atoms with Crippen LogP contribution in [0.15, 0.2) is 60.9 Å². The van der Waals surface area contributed by atoms with E-state index in [2.05, 4.69) is 58.7 Å². The van der Waals surface area contributed by atoms with Crippen molar-refractivity contribution in [2.75, 3.05) is 10.6 Å². The van der Waals surface area contributed by atoms with Crippen LogP contribution in [0.25, 0.3) is 0 Å². The zero-order chi connectivity index (χ0) is 15.4. The number of anilines is 4. The number of aryl methyl sites for hydroxylation is 2. The third kappa shape index (κ3) is 3.41. The maximum Gasteiger partial charge on any atom is 0.173 e. The highest BCUT2D eigenvalue weighted by Gasteiger charge is 2.06. The molecule has 1 heterocycles. The van der Waals surface area contributed by atoms with Crippen LogP contribution < -0.4 is 10.6 Å². The monoisotopic (exact) mass is 290 g/mol. The predicted molar refractivity (Wildman–Crippen MR) is 91.0 cm³/mol. The summed E-state index contributed by atoms with van der Waals surface area (Å²) in [6, 6.07) is 16.4. The van der Waals surface area contributed by atoms with Crippen molar-refractivity contribution in [3.05, 3.63) is 72.1 Å². The Kier molecular flexibility index (Phi) is 4.01. The number of nitrogens with one attached hydrogen (secondary N) is 2. The van der Waals surface area contributed by atoms with E-state index in [-0.39, 0.29) is 0 Å². The summed E-state index contributed by atoms with van der Waals surface area (Å²) in [6.07, 6.45) is 3.35. The molecule has 0 fully saturated rings. The lowest BCUT2D eigenvalue weighted by atomic mass is 10.2. The second kappa shape index (κ2) is 6.26. The van der Waals surface area contributed by atoms with Gasteiger partial charge in [0.15, 0.2) is 11.6 Å². The van der Waals surface area contributed by atoms with E-state index in [0.29, 0.717) is 11.6 Å². The van der Waals surface area contributed by atoms with Gasteiger partial charge in [-0.3, -0.25) is 0 Å². The third-order valence-corrected chi connectivity index (χ3v) is 3.33. The number of nitrogens with zero attached hydrogens (tertiary/aromatic N) is 2. The molecule has 2 N–H and O–H groups in total. The third-order valence-electron chi connectivity index (χ3n) is 3.33. The Bertz CT molecular complexity index is 682. The molecule has 4 heteroatoms. The SMILES string of the molecule is Cc1ccc(Nc2nccnc2Nc2ccc(C)cc2)cc1. The Morgan fingerprint density at radius 1 is 0.591 bits per heavy atom. The quantitative estimate of drug-likeness (QED) is 0.738. The molecule has 0 unspecified atom stereocenters. The van der Waals surface area contributed by atoms with E-state index in [1.54, 1.807) is 12.4 Å². The molecule has 0 aliphatic heterocycles. The first-order valence-electron chi connectivity index (χ1n) is 7.19. The molecule has 0 aliphatic carbocycles. The Hall–Kier alpha value is -2.88. The van der Waals surface area contributed by atoms with Crippen LogP contribution in [0.4, 0.5) is 23.0 Å². The molecule has 4 nitrogen and oxygen atoms in total. The summed E-state index contributed by atoms with van der Waals surface area (Å²) in [5.41, 5.74) is 4.42. The topological polar surface area (TPSA) is 49.8 Å². The lowest BCUT2D eigenvalue weighted by Gasteiger charge is -2.12. The van der Waals surface area contributed by atoms with Gasteiger partial charge >= 0.3 is 0 Å². The minimum atomic E-state index is 0.701. The molecule has 3 aromatic rings. The van der Waals surface area contributed by atoms with Gasteiger partial charge in [-0.15, -0.1) is 0 Å². The molecule has 0 amide bonds. The van der Waals surface area contributed by atoms with Crippen LogP contribution in [-0.4, -0.2) is 9.97 Å². The number of benzene rings is 2. The van der Waals surface area contributed by atoms with Crippen molar-refractivity contribution in [3.8, 4) is 0 Å². The average molecular weight is 290 g/mol. The zero-order valence-corrected chi connectivity index (χ0v) is 12.7. The summed E-state index contributed by atoms with van der Waals surface area (Å²) in [5, 5.41) is 6.59. The van der Waals surface area contributed by atoms with E-state index in [9.17, 15) is 0 Å². The van der Waals surface area contributed by atoms with Crippen molar-refractivity contribution >= 4 is 23.0 Å². The number of aromatic nitrogens is 2. The van der Waals surface area contributed by atoms with Gasteiger partial charge in [0, 0.05) is 23.8 Å². The Morgan fingerprint density at radius 2 is 0.955 bits per heavy atom. The van der Waals surface area contributed by atoms with Crippen molar-refractivity contribution in [2.45, 2.75) is 13.8 Å². The van der Waals surface area contributed by atoms with Gasteiger partial charge < -0.3 is 10.6 Å². The fourth-order valence-corrected chi connectivity index (χ4v) is 2.07. The highest BCUT2D eigenvalue weighted by Crippen LogP contribution is 2.24. The molecule has 0 radical (unpaired) electrons. The zero-order valence-electron chi connectivity index (χ0n) is 12.7. The van der Waals surface area contributed by atoms with Crippen LogP contribution in [0.5, 0.6) is 0 Å². The Balaban J connectivity index is 1.83. The van der Waals surface area contributed by atoms with Crippen LogP contribution in [0.3, 0.4) is 0 Å². The number of hydrogen-bond donors (Lipinski definition) is 2. The highest BCUT2D eigenvalue weighted by molar-refractivity contribution is 5.71. The fourth-order valence-electron chi connectivity index (χ4n) is 2.07. The summed E-state index contributed by atoms with van der Waals surface area (Å²) < 4.78 is 0. The summed E-state index contributed by atoms with van der Waals surface area (Å²) in [4.78, 5) is 8.75. The minimum Gasteiger partial charge on any atom is -0.337 e. The molecule has 1 aromatic heterocycles. The second-order valence-corrected chi connectivity index (χ2v) is 5.24. The van der Waals surface area contributed by atoms with Crippen LogP contribution in [-0.2, 0) is 0 Å². The van der Waals surface area contributed by atoms with E-state index in [1.807, 2.05) is 24.3 Å². The van der Waals surface area contributed by atoms with Gasteiger partial charge in [-0.05, 0) is 38.1 Å². The van der Waals surface area contributed by atoms with Crippen molar-refractivity contribution in [3.63, 3.8) is 0 Å². The molecular weight excluding hydrogens is 272 g/mol. The smallest absolute Gasteiger partial charge is 0.173 e. The first-order chi connectivity index (χ1) is 10.7. The van der Waals surface area contributed by atoms with E-state index in [0.717, 1.165) is 11.4 Å². The molecule has 0 bridgehead atoms. The molecule has 2 aromatic carbocycles. The van der Waals surface area contributed by atoms with Gasteiger partial charge in [0.25, 0.3) is 0 Å². The summed E-state index contributed by atoms with van der Waals surface area (Å²) in [7, 11) is 0. The van der Waals surface area contributed by atoms with Crippen molar-refractivity contribution in [1.29, 1.82) is 0 Å². The van der Waals surface area contributed by atoms with Gasteiger partial charge in [0.1, 0.15) is 0 Å². The standard InChI is InChI=1S/C18H18N4/c1-13-3-7-15(8-4-13)21-17-18(20-12-11-19-17)22-16-9-5-14(2)6-10-16/h3-12H,1-2H3,(H,19,21)(H,20,22). The molecule has 110 valence electrons. The van der Waals surface area contributed by atoms with Crippen molar-refractivity contribution in [1.82, 2.24) is 9.97 Å². The molecule has 0 saturated carbocycles. The lowest BCUT2D eigenvalue weighted by molar-refractivity contribution is 1.19. The van der Waals surface area contributed by atoms with E-state index < -0.39 is 0 Å². The molecule has 22 heavy (non-hydrogen) atoms.